The second-order valence-corrected chi connectivity index (χ2v) is 15.9. The van der Waals surface area contributed by atoms with Crippen LogP contribution >= 0.6 is 0 Å². The van der Waals surface area contributed by atoms with Gasteiger partial charge in [-0.05, 0) is 83.9 Å². The lowest BCUT2D eigenvalue weighted by atomic mass is 10.1. The molecule has 284 valence electrons. The molecule has 0 spiro atoms. The molecule has 6 N–H and O–H groups in total. The summed E-state index contributed by atoms with van der Waals surface area (Å²) in [6, 6.07) is 21.1. The number of azo groups is 2. The predicted molar refractivity (Wildman–Crippen MR) is 203 cm³/mol. The molecule has 0 unspecified atom stereocenters. The van der Waals surface area contributed by atoms with Crippen LogP contribution in [0.5, 0.6) is 17.2 Å². The number of phenols is 2. The van der Waals surface area contributed by atoms with Crippen molar-refractivity contribution in [3.05, 3.63) is 96.6 Å². The largest absolute Gasteiger partial charge is 0.507 e. The van der Waals surface area contributed by atoms with E-state index in [-0.39, 0.29) is 48.6 Å². The fourth-order valence-corrected chi connectivity index (χ4v) is 7.16. The van der Waals surface area contributed by atoms with E-state index in [1.807, 2.05) is 30.3 Å². The van der Waals surface area contributed by atoms with Crippen LogP contribution in [-0.2, 0) is 30.4 Å². The van der Waals surface area contributed by atoms with Crippen LogP contribution in [0.3, 0.4) is 0 Å². The summed E-state index contributed by atoms with van der Waals surface area (Å²) in [6.07, 6.45) is 0. The van der Waals surface area contributed by atoms with Crippen LogP contribution in [0.2, 0.25) is 0 Å². The standard InChI is InChI=1S/C34H27N5O12S3.3H2/c1-18-10-27(37-39-33-31(54(48,49)50)14-19-11-22(8-9-25(19)34(33)41)35-21-6-4-3-5-7-21)30(51-2)17-26(18)36-38-28-15-23(52(42,43)44)12-20-13-24(53(45,46)47)16-29(40)32(20)28;;;/h3-17,35,40-41H,1-2H3,(H,42,43,44)(H,45,46,47)(H,48,49,50);3*1H. The molecule has 17 nitrogen and oxygen atoms in total. The molecule has 0 aliphatic heterocycles. The first-order valence-corrected chi connectivity index (χ1v) is 19.5. The summed E-state index contributed by atoms with van der Waals surface area (Å²) < 4.78 is 107. The maximum absolute atomic E-state index is 12.5. The lowest BCUT2D eigenvalue weighted by molar-refractivity contribution is 0.416. The van der Waals surface area contributed by atoms with Gasteiger partial charge in [0.05, 0.1) is 33.7 Å². The van der Waals surface area contributed by atoms with Crippen LogP contribution in [-0.4, -0.2) is 56.2 Å². The maximum atomic E-state index is 12.5. The third kappa shape index (κ3) is 7.83. The zero-order valence-electron chi connectivity index (χ0n) is 27.8. The number of fused-ring (bicyclic) bond motifs is 2. The van der Waals surface area contributed by atoms with Gasteiger partial charge in [0, 0.05) is 33.2 Å². The highest BCUT2D eigenvalue weighted by Crippen LogP contribution is 2.44. The molecular formula is C34H33N5O12S3. The molecule has 0 heterocycles. The number of aryl methyl sites for hydroxylation is 1. The highest BCUT2D eigenvalue weighted by atomic mass is 32.2. The van der Waals surface area contributed by atoms with Crippen molar-refractivity contribution in [2.45, 2.75) is 21.6 Å². The minimum Gasteiger partial charge on any atom is -0.507 e. The van der Waals surface area contributed by atoms with E-state index in [9.17, 15) is 49.1 Å². The molecule has 0 saturated carbocycles. The normalized spacial score (nSPS) is 12.6. The average Bonchev–Trinajstić information content (AvgIpc) is 3.09. The van der Waals surface area contributed by atoms with Gasteiger partial charge < -0.3 is 20.3 Å². The lowest BCUT2D eigenvalue weighted by Gasteiger charge is -2.12. The van der Waals surface area contributed by atoms with Crippen molar-refractivity contribution in [3.8, 4) is 17.2 Å². The van der Waals surface area contributed by atoms with Crippen LogP contribution in [0.4, 0.5) is 34.1 Å². The number of benzene rings is 6. The number of ether oxygens (including phenoxy) is 1. The van der Waals surface area contributed by atoms with Gasteiger partial charge in [0.15, 0.2) is 5.75 Å². The van der Waals surface area contributed by atoms with Gasteiger partial charge in [0.25, 0.3) is 30.4 Å². The molecule has 54 heavy (non-hydrogen) atoms. The Morgan fingerprint density at radius 3 is 1.89 bits per heavy atom. The SMILES string of the molecule is COc1cc(N=Nc2cc(S(=O)(=O)O)cc3cc(S(=O)(=O)O)cc(O)c23)c(C)cc1N=Nc1c(S(=O)(=O)O)cc2cc(Nc3ccccc3)ccc2c1O.[HH].[HH].[HH]. The molecule has 6 aromatic carbocycles. The van der Waals surface area contributed by atoms with Crippen molar-refractivity contribution in [1.82, 2.24) is 0 Å². The third-order valence-corrected chi connectivity index (χ3v) is 10.5. The van der Waals surface area contributed by atoms with E-state index in [1.165, 1.54) is 25.3 Å². The van der Waals surface area contributed by atoms with Crippen LogP contribution < -0.4 is 10.1 Å². The second kappa shape index (κ2) is 14.1. The molecule has 0 bridgehead atoms. The summed E-state index contributed by atoms with van der Waals surface area (Å²) in [6.45, 7) is 1.56. The van der Waals surface area contributed by atoms with Crippen molar-refractivity contribution in [2.24, 2.45) is 20.5 Å². The van der Waals surface area contributed by atoms with Gasteiger partial charge in [-0.1, -0.05) is 18.2 Å². The number of nitrogens with one attached hydrogen (secondary N) is 1. The van der Waals surface area contributed by atoms with Gasteiger partial charge in [-0.15, -0.1) is 15.3 Å². The zero-order chi connectivity index (χ0) is 39.2. The van der Waals surface area contributed by atoms with Crippen LogP contribution in [0, 0.1) is 6.92 Å². The smallest absolute Gasteiger partial charge is 0.296 e. The number of hydrogen-bond acceptors (Lipinski definition) is 14. The summed E-state index contributed by atoms with van der Waals surface area (Å²) in [5.41, 5.74) is 0.952. The quantitative estimate of drug-likeness (QED) is 0.0559. The number of anilines is 2. The number of methoxy groups -OCH3 is 1. The lowest BCUT2D eigenvalue weighted by Crippen LogP contribution is -2.00. The Bertz CT molecular complexity index is 2910. The minimum atomic E-state index is -4.93. The molecule has 0 aliphatic rings. The first kappa shape index (κ1) is 37.7. The summed E-state index contributed by atoms with van der Waals surface area (Å²) >= 11 is 0. The summed E-state index contributed by atoms with van der Waals surface area (Å²) in [7, 11) is -13.4. The average molecular weight is 800 g/mol. The first-order chi connectivity index (χ1) is 25.3. The molecule has 0 atom stereocenters. The van der Waals surface area contributed by atoms with E-state index in [4.69, 9.17) is 4.74 Å². The Labute approximate surface area is 311 Å². The molecule has 0 radical (unpaired) electrons. The molecule has 20 heteroatoms. The van der Waals surface area contributed by atoms with Crippen LogP contribution in [0.25, 0.3) is 21.5 Å². The molecule has 0 amide bonds. The van der Waals surface area contributed by atoms with Gasteiger partial charge in [-0.25, -0.2) is 0 Å². The van der Waals surface area contributed by atoms with Crippen molar-refractivity contribution < 1.29 is 58.1 Å². The predicted octanol–water partition coefficient (Wildman–Crippen LogP) is 8.77. The summed E-state index contributed by atoms with van der Waals surface area (Å²) in [5.74, 6) is -1.27. The van der Waals surface area contributed by atoms with E-state index >= 15 is 0 Å². The second-order valence-electron chi connectivity index (χ2n) is 11.6. The monoisotopic (exact) mass is 799 g/mol. The van der Waals surface area contributed by atoms with E-state index < -0.39 is 62.2 Å². The van der Waals surface area contributed by atoms with E-state index in [2.05, 4.69) is 25.8 Å². The number of phenolic OH excluding ortho intramolecular Hbond substituents is 2. The number of hydrogen-bond donors (Lipinski definition) is 6. The fourth-order valence-electron chi connectivity index (χ4n) is 5.43. The van der Waals surface area contributed by atoms with Gasteiger partial charge >= 0.3 is 0 Å². The number of rotatable bonds is 10. The van der Waals surface area contributed by atoms with E-state index in [0.29, 0.717) is 11.3 Å². The molecule has 0 aliphatic carbocycles. The number of nitrogens with zero attached hydrogens (tertiary/aromatic N) is 4. The molecular weight excluding hydrogens is 767 g/mol. The van der Waals surface area contributed by atoms with Crippen LogP contribution in [0.1, 0.15) is 9.84 Å². The van der Waals surface area contributed by atoms with Crippen molar-refractivity contribution in [2.75, 3.05) is 12.4 Å². The third-order valence-electron chi connectivity index (χ3n) is 7.96. The van der Waals surface area contributed by atoms with Gasteiger partial charge in [-0.2, -0.15) is 30.4 Å². The highest BCUT2D eigenvalue weighted by molar-refractivity contribution is 7.86. The van der Waals surface area contributed by atoms with Crippen molar-refractivity contribution in [1.29, 1.82) is 0 Å². The van der Waals surface area contributed by atoms with Gasteiger partial charge in [0.2, 0.25) is 0 Å². The summed E-state index contributed by atoms with van der Waals surface area (Å²) in [5, 5.41) is 41.2. The number of para-hydroxylation sites is 1. The Hall–Kier alpha value is -6.03. The van der Waals surface area contributed by atoms with Gasteiger partial charge in [-0.3, -0.25) is 13.7 Å². The Morgan fingerprint density at radius 2 is 1.26 bits per heavy atom. The van der Waals surface area contributed by atoms with Crippen LogP contribution in [0.15, 0.2) is 126 Å². The Morgan fingerprint density at radius 1 is 0.630 bits per heavy atom. The van der Waals surface area contributed by atoms with Crippen molar-refractivity contribution in [3.63, 3.8) is 0 Å². The van der Waals surface area contributed by atoms with Crippen molar-refractivity contribution >= 4 is 86.0 Å². The topological polar surface area (TPSA) is 274 Å². The Kier molecular flexibility index (Phi) is 9.83. The molecule has 6 aromatic rings. The molecule has 0 saturated heterocycles. The highest BCUT2D eigenvalue weighted by Gasteiger charge is 2.23. The first-order valence-electron chi connectivity index (χ1n) is 15.2. The minimum absolute atomic E-state index is 0. The fraction of sp³-hybridized carbons (Fsp3) is 0.0588. The molecule has 6 rings (SSSR count). The van der Waals surface area contributed by atoms with Gasteiger partial charge in [0.1, 0.15) is 27.8 Å². The van der Waals surface area contributed by atoms with E-state index in [1.54, 1.807) is 19.1 Å². The molecule has 0 fully saturated rings. The maximum Gasteiger partial charge on any atom is 0.296 e. The molecule has 0 aromatic heterocycles. The summed E-state index contributed by atoms with van der Waals surface area (Å²) in [4.78, 5) is -2.19. The number of aromatic hydroxyl groups is 2. The zero-order valence-corrected chi connectivity index (χ0v) is 30.2. The van der Waals surface area contributed by atoms with E-state index in [0.717, 1.165) is 36.0 Å². The Balaban J connectivity index is 0.00000290.